The number of halogens is 3. The summed E-state index contributed by atoms with van der Waals surface area (Å²) in [6.45, 7) is 3.04. The molecule has 16 heavy (non-hydrogen) atoms. The largest absolute Gasteiger partial charge is 0.314 e. The van der Waals surface area contributed by atoms with Crippen LogP contribution in [0.5, 0.6) is 0 Å². The summed E-state index contributed by atoms with van der Waals surface area (Å²) in [7, 11) is 2.13. The minimum Gasteiger partial charge on any atom is -0.314 e. The SMILES string of the molecule is CN(Cc1cc(Cl)cc(Cl)c1)C1CNC1.Cl. The fraction of sp³-hybridized carbons (Fsp3) is 0.455. The van der Waals surface area contributed by atoms with E-state index in [1.165, 1.54) is 5.56 Å². The van der Waals surface area contributed by atoms with Crippen LogP contribution in [0.3, 0.4) is 0 Å². The summed E-state index contributed by atoms with van der Waals surface area (Å²) in [5, 5.41) is 4.67. The van der Waals surface area contributed by atoms with E-state index in [2.05, 4.69) is 17.3 Å². The van der Waals surface area contributed by atoms with Crippen LogP contribution < -0.4 is 5.32 Å². The van der Waals surface area contributed by atoms with Crippen molar-refractivity contribution in [1.82, 2.24) is 10.2 Å². The number of benzene rings is 1. The fourth-order valence-electron chi connectivity index (χ4n) is 1.70. The normalized spacial score (nSPS) is 15.8. The van der Waals surface area contributed by atoms with E-state index < -0.39 is 0 Å². The van der Waals surface area contributed by atoms with Crippen LogP contribution in [0.1, 0.15) is 5.56 Å². The molecule has 1 saturated heterocycles. The first-order chi connectivity index (χ1) is 7.15. The lowest BCUT2D eigenvalue weighted by Gasteiger charge is -2.35. The van der Waals surface area contributed by atoms with Gasteiger partial charge in [-0.05, 0) is 30.8 Å². The lowest BCUT2D eigenvalue weighted by atomic mass is 10.1. The van der Waals surface area contributed by atoms with Crippen LogP contribution >= 0.6 is 35.6 Å². The summed E-state index contributed by atoms with van der Waals surface area (Å²) in [6, 6.07) is 6.34. The van der Waals surface area contributed by atoms with Gasteiger partial charge in [-0.3, -0.25) is 4.90 Å². The molecule has 1 aromatic rings. The lowest BCUT2D eigenvalue weighted by Crippen LogP contribution is -2.55. The highest BCUT2D eigenvalue weighted by molar-refractivity contribution is 6.34. The van der Waals surface area contributed by atoms with Crippen molar-refractivity contribution >= 4 is 35.6 Å². The van der Waals surface area contributed by atoms with Gasteiger partial charge in [0.05, 0.1) is 0 Å². The highest BCUT2D eigenvalue weighted by atomic mass is 35.5. The molecule has 0 spiro atoms. The average molecular weight is 282 g/mol. The Morgan fingerprint density at radius 1 is 1.25 bits per heavy atom. The van der Waals surface area contributed by atoms with E-state index in [1.807, 2.05) is 12.1 Å². The molecule has 0 amide bonds. The second-order valence-corrected chi connectivity index (χ2v) is 4.88. The summed E-state index contributed by atoms with van der Waals surface area (Å²) >= 11 is 11.9. The smallest absolute Gasteiger partial charge is 0.0424 e. The van der Waals surface area contributed by atoms with Crippen molar-refractivity contribution in [3.8, 4) is 0 Å². The van der Waals surface area contributed by atoms with Crippen molar-refractivity contribution in [2.24, 2.45) is 0 Å². The molecule has 0 radical (unpaired) electrons. The molecule has 90 valence electrons. The second kappa shape index (κ2) is 6.08. The summed E-state index contributed by atoms with van der Waals surface area (Å²) in [5.74, 6) is 0. The van der Waals surface area contributed by atoms with Crippen LogP contribution in [0.25, 0.3) is 0 Å². The van der Waals surface area contributed by atoms with Crippen LogP contribution in [0.2, 0.25) is 10.0 Å². The van der Waals surface area contributed by atoms with Gasteiger partial charge < -0.3 is 5.32 Å². The van der Waals surface area contributed by atoms with Crippen LogP contribution in [0.15, 0.2) is 18.2 Å². The Balaban J connectivity index is 0.00000128. The number of hydrogen-bond donors (Lipinski definition) is 1. The van der Waals surface area contributed by atoms with E-state index in [4.69, 9.17) is 23.2 Å². The number of nitrogens with one attached hydrogen (secondary N) is 1. The molecular weight excluding hydrogens is 266 g/mol. The topological polar surface area (TPSA) is 15.3 Å². The lowest BCUT2D eigenvalue weighted by molar-refractivity contribution is 0.173. The first kappa shape index (κ1) is 14.1. The Kier molecular flexibility index (Phi) is 5.35. The van der Waals surface area contributed by atoms with E-state index in [1.54, 1.807) is 6.07 Å². The molecular formula is C11H15Cl3N2. The Hall–Kier alpha value is 0.01000. The molecule has 1 heterocycles. The third-order valence-corrected chi connectivity index (χ3v) is 3.17. The first-order valence-electron chi connectivity index (χ1n) is 5.01. The predicted molar refractivity (Wildman–Crippen MR) is 71.8 cm³/mol. The van der Waals surface area contributed by atoms with Gasteiger partial charge >= 0.3 is 0 Å². The molecule has 0 atom stereocenters. The zero-order valence-electron chi connectivity index (χ0n) is 9.04. The molecule has 1 N–H and O–H groups in total. The molecule has 0 bridgehead atoms. The van der Waals surface area contributed by atoms with Crippen LogP contribution in [-0.2, 0) is 6.54 Å². The molecule has 0 aliphatic carbocycles. The fourth-order valence-corrected chi connectivity index (χ4v) is 2.28. The van der Waals surface area contributed by atoms with Crippen LogP contribution in [0, 0.1) is 0 Å². The van der Waals surface area contributed by atoms with Gasteiger partial charge in [0, 0.05) is 35.7 Å². The summed E-state index contributed by atoms with van der Waals surface area (Å²) < 4.78 is 0. The second-order valence-electron chi connectivity index (χ2n) is 4.00. The molecule has 5 heteroatoms. The maximum Gasteiger partial charge on any atom is 0.0424 e. The van der Waals surface area contributed by atoms with Gasteiger partial charge in [0.2, 0.25) is 0 Å². The number of likely N-dealkylation sites (N-methyl/N-ethyl adjacent to an activating group) is 1. The quantitative estimate of drug-likeness (QED) is 0.916. The minimum atomic E-state index is 0. The molecule has 1 aliphatic rings. The van der Waals surface area contributed by atoms with Crippen molar-refractivity contribution in [2.75, 3.05) is 20.1 Å². The van der Waals surface area contributed by atoms with Crippen LogP contribution in [-0.4, -0.2) is 31.1 Å². The van der Waals surface area contributed by atoms with E-state index >= 15 is 0 Å². The molecule has 1 aliphatic heterocycles. The van der Waals surface area contributed by atoms with Gasteiger partial charge in [-0.1, -0.05) is 23.2 Å². The van der Waals surface area contributed by atoms with E-state index in [9.17, 15) is 0 Å². The third kappa shape index (κ3) is 3.51. The molecule has 0 saturated carbocycles. The summed E-state index contributed by atoms with van der Waals surface area (Å²) in [4.78, 5) is 2.32. The zero-order chi connectivity index (χ0) is 10.8. The molecule has 1 aromatic carbocycles. The summed E-state index contributed by atoms with van der Waals surface area (Å²) in [5.41, 5.74) is 1.17. The highest BCUT2D eigenvalue weighted by Crippen LogP contribution is 2.20. The number of rotatable bonds is 3. The average Bonchev–Trinajstić information content (AvgIpc) is 1.96. The first-order valence-corrected chi connectivity index (χ1v) is 5.76. The Bertz CT molecular complexity index is 333. The van der Waals surface area contributed by atoms with Crippen molar-refractivity contribution < 1.29 is 0 Å². The molecule has 2 rings (SSSR count). The summed E-state index contributed by atoms with van der Waals surface area (Å²) in [6.07, 6.45) is 0. The van der Waals surface area contributed by atoms with Gasteiger partial charge in [0.15, 0.2) is 0 Å². The minimum absolute atomic E-state index is 0. The van der Waals surface area contributed by atoms with Crippen molar-refractivity contribution in [2.45, 2.75) is 12.6 Å². The number of hydrogen-bond acceptors (Lipinski definition) is 2. The monoisotopic (exact) mass is 280 g/mol. The van der Waals surface area contributed by atoms with E-state index in [0.29, 0.717) is 16.1 Å². The standard InChI is InChI=1S/C11H14Cl2N2.ClH/c1-15(11-5-14-6-11)7-8-2-9(12)4-10(13)3-8;/h2-4,11,14H,5-7H2,1H3;1H. The third-order valence-electron chi connectivity index (χ3n) is 2.74. The Morgan fingerprint density at radius 3 is 2.25 bits per heavy atom. The van der Waals surface area contributed by atoms with Crippen molar-refractivity contribution in [3.63, 3.8) is 0 Å². The van der Waals surface area contributed by atoms with Crippen molar-refractivity contribution in [3.05, 3.63) is 33.8 Å². The Labute approximate surface area is 112 Å². The van der Waals surface area contributed by atoms with Gasteiger partial charge in [-0.15, -0.1) is 12.4 Å². The van der Waals surface area contributed by atoms with Gasteiger partial charge in [-0.2, -0.15) is 0 Å². The van der Waals surface area contributed by atoms with E-state index in [0.717, 1.165) is 19.6 Å². The molecule has 1 fully saturated rings. The predicted octanol–water partition coefficient (Wildman–Crippen LogP) is 2.82. The van der Waals surface area contributed by atoms with Gasteiger partial charge in [-0.25, -0.2) is 0 Å². The maximum atomic E-state index is 5.95. The Morgan fingerprint density at radius 2 is 1.81 bits per heavy atom. The molecule has 2 nitrogen and oxygen atoms in total. The number of nitrogens with zero attached hydrogens (tertiary/aromatic N) is 1. The zero-order valence-corrected chi connectivity index (χ0v) is 11.4. The molecule has 0 aromatic heterocycles. The van der Waals surface area contributed by atoms with Crippen molar-refractivity contribution in [1.29, 1.82) is 0 Å². The van der Waals surface area contributed by atoms with E-state index in [-0.39, 0.29) is 12.4 Å². The molecule has 0 unspecified atom stereocenters. The van der Waals surface area contributed by atoms with Crippen LogP contribution in [0.4, 0.5) is 0 Å². The maximum absolute atomic E-state index is 5.95. The van der Waals surface area contributed by atoms with Gasteiger partial charge in [0.1, 0.15) is 0 Å². The highest BCUT2D eigenvalue weighted by Gasteiger charge is 2.21. The van der Waals surface area contributed by atoms with Gasteiger partial charge in [0.25, 0.3) is 0 Å².